The number of carbonyl (C=O) groups is 1. The zero-order valence-corrected chi connectivity index (χ0v) is 23.8. The summed E-state index contributed by atoms with van der Waals surface area (Å²) in [5, 5.41) is 56.2. The number of nitrogens with one attached hydrogen (secondary N) is 1. The topological polar surface area (TPSA) is 297 Å². The lowest BCUT2D eigenvalue weighted by atomic mass is 9.76. The monoisotopic (exact) mass is 606 g/mol. The Kier molecular flexibility index (Phi) is 11.7. The smallest absolute Gasteiger partial charge is 0.186 e. The number of aliphatic hydroxyl groups excluding tert-OH is 4. The first kappa shape index (κ1) is 34.0. The van der Waals surface area contributed by atoms with Crippen LogP contribution in [0.2, 0.25) is 0 Å². The van der Waals surface area contributed by atoms with Gasteiger partial charge in [-0.2, -0.15) is 0 Å². The fourth-order valence-corrected chi connectivity index (χ4v) is 6.20. The third-order valence-electron chi connectivity index (χ3n) is 9.07. The normalized spacial score (nSPS) is 47.8. The van der Waals surface area contributed by atoms with Gasteiger partial charge in [-0.05, 0) is 44.7 Å². The molecule has 0 bridgehead atoms. The van der Waals surface area contributed by atoms with Gasteiger partial charge in [0.1, 0.15) is 36.1 Å². The molecule has 16 N–H and O–H groups in total. The maximum Gasteiger partial charge on any atom is 0.186 e. The molecule has 2 aliphatic heterocycles. The van der Waals surface area contributed by atoms with E-state index in [0.717, 1.165) is 6.42 Å². The summed E-state index contributed by atoms with van der Waals surface area (Å²) in [7, 11) is 0. The standard InChI is InChI=1S/C26H50N6O10/c27-4-1-5-32-14-3-2-12(9-28)39-24(14)42-23-13(29)6-11(7-17(34)26(38)8-16(26)30)22(21(23)37)41-25-20(36)18(31)19(35)15(10-33)40-25/h11-16,18-25,32-33,35-38H,1-10,27-31H2/t11-,12-,13-,14+,15+,16?,18-,19+,20+,21+,22-,23?,24+,25+,26?/m0/s1. The number of carbonyl (C=O) groups excluding carboxylic acids is 1. The number of hydrogen-bond donors (Lipinski definition) is 11. The number of ether oxygens (including phenoxy) is 4. The van der Waals surface area contributed by atoms with Crippen LogP contribution in [-0.2, 0) is 23.7 Å². The van der Waals surface area contributed by atoms with Crippen LogP contribution in [-0.4, -0.2) is 143 Å². The fourth-order valence-electron chi connectivity index (χ4n) is 6.20. The lowest BCUT2D eigenvalue weighted by Gasteiger charge is -2.48. The summed E-state index contributed by atoms with van der Waals surface area (Å²) in [5.41, 5.74) is 28.1. The van der Waals surface area contributed by atoms with Crippen molar-refractivity contribution in [2.45, 2.75) is 124 Å². The fraction of sp³-hybridized carbons (Fsp3) is 0.962. The quantitative estimate of drug-likeness (QED) is 0.0871. The van der Waals surface area contributed by atoms with Gasteiger partial charge in [-0.1, -0.05) is 0 Å². The lowest BCUT2D eigenvalue weighted by molar-refractivity contribution is -0.318. The Hall–Kier alpha value is -0.930. The Labute approximate surface area is 245 Å². The number of hydrogen-bond acceptors (Lipinski definition) is 16. The van der Waals surface area contributed by atoms with E-state index in [9.17, 15) is 30.3 Å². The summed E-state index contributed by atoms with van der Waals surface area (Å²) >= 11 is 0. The Morgan fingerprint density at radius 2 is 1.67 bits per heavy atom. The van der Waals surface area contributed by atoms with Crippen LogP contribution in [0, 0.1) is 5.92 Å². The van der Waals surface area contributed by atoms with Gasteiger partial charge in [-0.25, -0.2) is 0 Å². The molecule has 4 fully saturated rings. The number of nitrogens with two attached hydrogens (primary N) is 5. The Bertz CT molecular complexity index is 891. The van der Waals surface area contributed by atoms with E-state index in [0.29, 0.717) is 25.9 Å². The Balaban J connectivity index is 1.55. The van der Waals surface area contributed by atoms with E-state index in [1.807, 2.05) is 0 Å². The van der Waals surface area contributed by atoms with Crippen molar-refractivity contribution in [2.75, 3.05) is 26.2 Å². The second kappa shape index (κ2) is 14.4. The molecule has 15 atom stereocenters. The second-order valence-electron chi connectivity index (χ2n) is 12.1. The molecule has 16 heteroatoms. The van der Waals surface area contributed by atoms with Gasteiger partial charge in [-0.15, -0.1) is 0 Å². The predicted octanol–water partition coefficient (Wildman–Crippen LogP) is -5.58. The van der Waals surface area contributed by atoms with Crippen molar-refractivity contribution in [2.24, 2.45) is 34.6 Å². The largest absolute Gasteiger partial charge is 0.394 e. The SMILES string of the molecule is NCCCN[C@@H]1CC[C@@H](CN)O[C@@H]1OC1[C@@H](N)C[C@@H](CC(=O)C2(O)CC2N)[C@H](O[C@H]2O[C@H](CO)[C@@H](O)[C@H](N)[C@H]2O)[C@H]1O. The van der Waals surface area contributed by atoms with Crippen molar-refractivity contribution >= 4 is 5.78 Å². The van der Waals surface area contributed by atoms with Crippen LogP contribution in [0.5, 0.6) is 0 Å². The third kappa shape index (κ3) is 7.30. The third-order valence-corrected chi connectivity index (χ3v) is 9.07. The van der Waals surface area contributed by atoms with Gasteiger partial charge in [0.2, 0.25) is 0 Å². The van der Waals surface area contributed by atoms with Gasteiger partial charge in [0, 0.05) is 31.5 Å². The molecule has 0 aromatic heterocycles. The van der Waals surface area contributed by atoms with Crippen LogP contribution in [0.25, 0.3) is 0 Å². The summed E-state index contributed by atoms with van der Waals surface area (Å²) in [4.78, 5) is 13.0. The van der Waals surface area contributed by atoms with Crippen LogP contribution in [0.1, 0.15) is 38.5 Å². The number of rotatable bonds is 13. The molecule has 4 aliphatic rings. The molecule has 0 amide bonds. The molecule has 2 heterocycles. The highest BCUT2D eigenvalue weighted by atomic mass is 16.7. The van der Waals surface area contributed by atoms with E-state index in [1.165, 1.54) is 0 Å². The van der Waals surface area contributed by atoms with E-state index >= 15 is 0 Å². The van der Waals surface area contributed by atoms with Gasteiger partial charge < -0.3 is 78.5 Å². The van der Waals surface area contributed by atoms with Gasteiger partial charge >= 0.3 is 0 Å². The van der Waals surface area contributed by atoms with E-state index in [-0.39, 0.29) is 38.0 Å². The van der Waals surface area contributed by atoms with Gasteiger partial charge in [0.25, 0.3) is 0 Å². The summed E-state index contributed by atoms with van der Waals surface area (Å²) < 4.78 is 24.1. The maximum absolute atomic E-state index is 13.0. The molecular weight excluding hydrogens is 556 g/mol. The first-order valence-electron chi connectivity index (χ1n) is 14.9. The van der Waals surface area contributed by atoms with E-state index in [4.69, 9.17) is 47.6 Å². The van der Waals surface area contributed by atoms with Crippen LogP contribution in [0.3, 0.4) is 0 Å². The van der Waals surface area contributed by atoms with Crippen LogP contribution >= 0.6 is 0 Å². The van der Waals surface area contributed by atoms with Crippen LogP contribution < -0.4 is 34.0 Å². The Morgan fingerprint density at radius 1 is 0.976 bits per heavy atom. The first-order chi connectivity index (χ1) is 19.9. The molecule has 2 saturated heterocycles. The molecule has 0 radical (unpaired) electrons. The second-order valence-corrected chi connectivity index (χ2v) is 12.1. The molecule has 4 rings (SSSR count). The summed E-state index contributed by atoms with van der Waals surface area (Å²) in [6.07, 6.45) is -8.00. The highest BCUT2D eigenvalue weighted by Gasteiger charge is 2.58. The molecule has 0 aromatic rings. The zero-order valence-electron chi connectivity index (χ0n) is 23.8. The molecule has 0 aromatic carbocycles. The van der Waals surface area contributed by atoms with Crippen LogP contribution in [0.15, 0.2) is 0 Å². The molecule has 2 aliphatic carbocycles. The van der Waals surface area contributed by atoms with E-state index in [2.05, 4.69) is 5.32 Å². The molecular formula is C26H50N6O10. The first-order valence-corrected chi connectivity index (χ1v) is 14.9. The molecule has 0 spiro atoms. The van der Waals surface area contributed by atoms with Gasteiger partial charge in [-0.3, -0.25) is 4.79 Å². The Morgan fingerprint density at radius 3 is 2.29 bits per heavy atom. The summed E-state index contributed by atoms with van der Waals surface area (Å²) in [6.45, 7) is 0.825. The van der Waals surface area contributed by atoms with Crippen molar-refractivity contribution in [1.29, 1.82) is 0 Å². The maximum atomic E-state index is 13.0. The average molecular weight is 607 g/mol. The predicted molar refractivity (Wildman–Crippen MR) is 147 cm³/mol. The van der Waals surface area contributed by atoms with E-state index < -0.39 is 91.2 Å². The zero-order chi connectivity index (χ0) is 30.8. The number of aliphatic hydroxyl groups is 5. The summed E-state index contributed by atoms with van der Waals surface area (Å²) in [5.74, 6) is -1.24. The van der Waals surface area contributed by atoms with Gasteiger partial charge in [0.15, 0.2) is 18.4 Å². The van der Waals surface area contributed by atoms with E-state index in [1.54, 1.807) is 0 Å². The lowest BCUT2D eigenvalue weighted by Crippen LogP contribution is -2.66. The van der Waals surface area contributed by atoms with Crippen molar-refractivity contribution in [1.82, 2.24) is 5.32 Å². The highest BCUT2D eigenvalue weighted by Crippen LogP contribution is 2.41. The van der Waals surface area contributed by atoms with Crippen molar-refractivity contribution in [3.05, 3.63) is 0 Å². The minimum Gasteiger partial charge on any atom is -0.394 e. The molecule has 3 unspecified atom stereocenters. The number of ketones is 1. The molecule has 16 nitrogen and oxygen atoms in total. The average Bonchev–Trinajstić information content (AvgIpc) is 3.60. The van der Waals surface area contributed by atoms with Crippen molar-refractivity contribution in [3.8, 4) is 0 Å². The van der Waals surface area contributed by atoms with Gasteiger partial charge in [0.05, 0.1) is 30.9 Å². The molecule has 2 saturated carbocycles. The van der Waals surface area contributed by atoms with Crippen LogP contribution in [0.4, 0.5) is 0 Å². The highest BCUT2D eigenvalue weighted by molar-refractivity contribution is 5.91. The number of Topliss-reactive ketones (excluding diaryl/α,β-unsaturated/α-hetero) is 1. The molecule has 42 heavy (non-hydrogen) atoms. The minimum absolute atomic E-state index is 0.125. The molecule has 244 valence electrons. The minimum atomic E-state index is -1.65. The van der Waals surface area contributed by atoms with Crippen molar-refractivity contribution in [3.63, 3.8) is 0 Å². The summed E-state index contributed by atoms with van der Waals surface area (Å²) in [6, 6.07) is -2.89. The van der Waals surface area contributed by atoms with Crippen molar-refractivity contribution < 1.29 is 49.3 Å².